The van der Waals surface area contributed by atoms with Gasteiger partial charge in [-0.2, -0.15) is 5.10 Å². The number of anilines is 1. The van der Waals surface area contributed by atoms with Crippen LogP contribution in [0, 0.1) is 0 Å². The molecule has 0 bridgehead atoms. The monoisotopic (exact) mass is 274 g/mol. The molecule has 2 N–H and O–H groups in total. The van der Waals surface area contributed by atoms with Gasteiger partial charge >= 0.3 is 0 Å². The molecule has 0 unspecified atom stereocenters. The van der Waals surface area contributed by atoms with Crippen LogP contribution in [-0.4, -0.2) is 23.6 Å². The summed E-state index contributed by atoms with van der Waals surface area (Å²) in [5.41, 5.74) is 0.515. The van der Waals surface area contributed by atoms with Crippen LogP contribution in [0.4, 0.5) is 5.69 Å². The third kappa shape index (κ3) is 2.15. The van der Waals surface area contributed by atoms with Crippen LogP contribution >= 0.6 is 0 Å². The highest BCUT2D eigenvalue weighted by molar-refractivity contribution is 7.92. The zero-order valence-corrected chi connectivity index (χ0v) is 10.6. The first-order valence-corrected chi connectivity index (χ1v) is 6.99. The van der Waals surface area contributed by atoms with E-state index >= 15 is 0 Å². The molecule has 0 amide bonds. The zero-order valence-electron chi connectivity index (χ0n) is 9.74. The normalized spacial score (nSPS) is 11.6. The minimum Gasteiger partial charge on any atom is -0.284 e. The Kier molecular flexibility index (Phi) is 2.68. The van der Waals surface area contributed by atoms with Crippen LogP contribution in [0.1, 0.15) is 0 Å². The first-order chi connectivity index (χ1) is 9.17. The summed E-state index contributed by atoms with van der Waals surface area (Å²) in [5.74, 6) is 0. The Bertz CT molecular complexity index is 807. The molecule has 0 saturated heterocycles. The summed E-state index contributed by atoms with van der Waals surface area (Å²) in [4.78, 5) is 4.10. The molecule has 2 aromatic heterocycles. The average Bonchev–Trinajstić information content (AvgIpc) is 2.93. The van der Waals surface area contributed by atoms with Gasteiger partial charge in [0.15, 0.2) is 0 Å². The maximum absolute atomic E-state index is 12.1. The topological polar surface area (TPSA) is 87.7 Å². The van der Waals surface area contributed by atoms with Crippen LogP contribution in [0.2, 0.25) is 0 Å². The molecule has 3 rings (SSSR count). The number of nitrogens with one attached hydrogen (secondary N) is 2. The molecule has 0 atom stereocenters. The summed E-state index contributed by atoms with van der Waals surface area (Å²) < 4.78 is 26.8. The second kappa shape index (κ2) is 4.36. The van der Waals surface area contributed by atoms with E-state index in [4.69, 9.17) is 0 Å². The molecule has 0 saturated carbocycles. The molecule has 0 aliphatic rings. The van der Waals surface area contributed by atoms with Crippen molar-refractivity contribution in [3.05, 3.63) is 49.1 Å². The van der Waals surface area contributed by atoms with Crippen molar-refractivity contribution in [2.24, 2.45) is 0 Å². The highest BCUT2D eigenvalue weighted by Crippen LogP contribution is 2.24. The van der Waals surface area contributed by atoms with E-state index in [1.54, 1.807) is 30.6 Å². The predicted molar refractivity (Wildman–Crippen MR) is 71.1 cm³/mol. The fraction of sp³-hybridized carbons (Fsp3) is 0. The SMILES string of the molecule is O=S(=O)(Nc1cccc2cnccc12)c1cn[nH]c1. The van der Waals surface area contributed by atoms with Crippen molar-refractivity contribution >= 4 is 26.5 Å². The van der Waals surface area contributed by atoms with Crippen LogP contribution in [0.15, 0.2) is 53.9 Å². The molecule has 0 radical (unpaired) electrons. The molecule has 1 aromatic carbocycles. The molecule has 0 aliphatic carbocycles. The number of benzene rings is 1. The van der Waals surface area contributed by atoms with Gasteiger partial charge in [-0.1, -0.05) is 12.1 Å². The highest BCUT2D eigenvalue weighted by atomic mass is 32.2. The number of pyridine rings is 1. The number of fused-ring (bicyclic) bond motifs is 1. The summed E-state index contributed by atoms with van der Waals surface area (Å²) in [6, 6.07) is 7.12. The summed E-state index contributed by atoms with van der Waals surface area (Å²) in [6.07, 6.45) is 5.90. The van der Waals surface area contributed by atoms with Gasteiger partial charge in [0.2, 0.25) is 0 Å². The first kappa shape index (κ1) is 11.7. The summed E-state index contributed by atoms with van der Waals surface area (Å²) in [7, 11) is -3.63. The van der Waals surface area contributed by atoms with E-state index in [1.807, 2.05) is 6.07 Å². The van der Waals surface area contributed by atoms with Crippen molar-refractivity contribution in [1.29, 1.82) is 0 Å². The van der Waals surface area contributed by atoms with E-state index in [1.165, 1.54) is 12.4 Å². The lowest BCUT2D eigenvalue weighted by molar-refractivity contribution is 0.601. The number of hydrogen-bond donors (Lipinski definition) is 2. The molecular formula is C12H10N4O2S. The van der Waals surface area contributed by atoms with Gasteiger partial charge in [0.1, 0.15) is 4.90 Å². The molecule has 0 spiro atoms. The summed E-state index contributed by atoms with van der Waals surface area (Å²) in [5, 5.41) is 7.78. The van der Waals surface area contributed by atoms with Gasteiger partial charge in [-0.3, -0.25) is 14.8 Å². The number of nitrogens with zero attached hydrogens (tertiary/aromatic N) is 2. The van der Waals surface area contributed by atoms with Gasteiger partial charge in [-0.15, -0.1) is 0 Å². The first-order valence-electron chi connectivity index (χ1n) is 5.51. The molecule has 2 heterocycles. The fourth-order valence-electron chi connectivity index (χ4n) is 1.80. The number of aromatic amines is 1. The third-order valence-electron chi connectivity index (χ3n) is 2.71. The molecule has 0 fully saturated rings. The van der Waals surface area contributed by atoms with Crippen molar-refractivity contribution in [1.82, 2.24) is 15.2 Å². The van der Waals surface area contributed by atoms with Gasteiger partial charge < -0.3 is 0 Å². The lowest BCUT2D eigenvalue weighted by atomic mass is 10.1. The van der Waals surface area contributed by atoms with Crippen molar-refractivity contribution in [2.45, 2.75) is 4.90 Å². The molecular weight excluding hydrogens is 264 g/mol. The van der Waals surface area contributed by atoms with Gasteiger partial charge in [0.25, 0.3) is 10.0 Å². The summed E-state index contributed by atoms with van der Waals surface area (Å²) in [6.45, 7) is 0. The average molecular weight is 274 g/mol. The Morgan fingerprint density at radius 1 is 1.16 bits per heavy atom. The Hall–Kier alpha value is -2.41. The van der Waals surface area contributed by atoms with Crippen molar-refractivity contribution in [3.63, 3.8) is 0 Å². The van der Waals surface area contributed by atoms with Crippen molar-refractivity contribution in [2.75, 3.05) is 4.72 Å². The predicted octanol–water partition coefficient (Wildman–Crippen LogP) is 1.76. The Morgan fingerprint density at radius 2 is 2.05 bits per heavy atom. The van der Waals surface area contributed by atoms with Gasteiger partial charge in [0.05, 0.1) is 11.9 Å². The number of H-pyrrole nitrogens is 1. The molecule has 6 nitrogen and oxygen atoms in total. The number of aromatic nitrogens is 3. The van der Waals surface area contributed by atoms with Crippen LogP contribution < -0.4 is 4.72 Å². The fourth-order valence-corrected chi connectivity index (χ4v) is 2.79. The molecule has 7 heteroatoms. The minimum atomic E-state index is -3.63. The molecule has 3 aromatic rings. The lowest BCUT2D eigenvalue weighted by Gasteiger charge is -2.08. The second-order valence-electron chi connectivity index (χ2n) is 3.94. The zero-order chi connectivity index (χ0) is 13.3. The Balaban J connectivity index is 2.07. The van der Waals surface area contributed by atoms with E-state index < -0.39 is 10.0 Å². The lowest BCUT2D eigenvalue weighted by Crippen LogP contribution is -2.12. The van der Waals surface area contributed by atoms with E-state index in [-0.39, 0.29) is 4.90 Å². The maximum Gasteiger partial charge on any atom is 0.265 e. The second-order valence-corrected chi connectivity index (χ2v) is 5.62. The quantitative estimate of drug-likeness (QED) is 0.761. The number of hydrogen-bond acceptors (Lipinski definition) is 4. The highest BCUT2D eigenvalue weighted by Gasteiger charge is 2.16. The van der Waals surface area contributed by atoms with Gasteiger partial charge in [-0.25, -0.2) is 8.42 Å². The number of rotatable bonds is 3. The maximum atomic E-state index is 12.1. The van der Waals surface area contributed by atoms with Gasteiger partial charge in [0, 0.05) is 29.4 Å². The third-order valence-corrected chi connectivity index (χ3v) is 4.04. The Labute approximate surface area is 109 Å². The van der Waals surface area contributed by atoms with Crippen LogP contribution in [0.3, 0.4) is 0 Å². The molecule has 0 aliphatic heterocycles. The van der Waals surface area contributed by atoms with Crippen LogP contribution in [-0.2, 0) is 10.0 Å². The van der Waals surface area contributed by atoms with Crippen LogP contribution in [0.25, 0.3) is 10.8 Å². The minimum absolute atomic E-state index is 0.0959. The summed E-state index contributed by atoms with van der Waals surface area (Å²) >= 11 is 0. The van der Waals surface area contributed by atoms with Crippen molar-refractivity contribution in [3.8, 4) is 0 Å². The molecule has 19 heavy (non-hydrogen) atoms. The van der Waals surface area contributed by atoms with E-state index in [0.29, 0.717) is 5.69 Å². The van der Waals surface area contributed by atoms with E-state index in [9.17, 15) is 8.42 Å². The molecule has 96 valence electrons. The largest absolute Gasteiger partial charge is 0.284 e. The van der Waals surface area contributed by atoms with Crippen molar-refractivity contribution < 1.29 is 8.42 Å². The van der Waals surface area contributed by atoms with Crippen LogP contribution in [0.5, 0.6) is 0 Å². The standard InChI is InChI=1S/C12H10N4O2S/c17-19(18,10-7-14-15-8-10)16-12-3-1-2-9-6-13-5-4-11(9)12/h1-8,16H,(H,14,15). The smallest absolute Gasteiger partial charge is 0.265 e. The van der Waals surface area contributed by atoms with Gasteiger partial charge in [-0.05, 0) is 12.1 Å². The Morgan fingerprint density at radius 3 is 2.84 bits per heavy atom. The van der Waals surface area contributed by atoms with E-state index in [2.05, 4.69) is 19.9 Å². The number of sulfonamides is 1. The van der Waals surface area contributed by atoms with E-state index in [0.717, 1.165) is 10.8 Å².